The van der Waals surface area contributed by atoms with Crippen LogP contribution >= 0.6 is 22.6 Å². The number of ether oxygens (including phenoxy) is 1. The lowest BCUT2D eigenvalue weighted by molar-refractivity contribution is -0.153. The van der Waals surface area contributed by atoms with Crippen molar-refractivity contribution >= 4 is 40.2 Å². The number of hydrogen-bond acceptors (Lipinski definition) is 4. The highest BCUT2D eigenvalue weighted by Gasteiger charge is 2.28. The Hall–Kier alpha value is -2.37. The van der Waals surface area contributed by atoms with E-state index in [1.54, 1.807) is 26.0 Å². The zero-order valence-corrected chi connectivity index (χ0v) is 18.5. The van der Waals surface area contributed by atoms with Gasteiger partial charge in [0.25, 0.3) is 5.91 Å². The number of carbonyl (C=O) groups is 2. The fourth-order valence-electron chi connectivity index (χ4n) is 2.60. The molecule has 0 aliphatic rings. The summed E-state index contributed by atoms with van der Waals surface area (Å²) in [5.74, 6) is -0.186. The second-order valence-electron chi connectivity index (χ2n) is 6.42. The lowest BCUT2D eigenvalue weighted by Crippen LogP contribution is -2.27. The van der Waals surface area contributed by atoms with Crippen molar-refractivity contribution in [2.75, 3.05) is 11.9 Å². The molecule has 1 aromatic heterocycles. The highest BCUT2D eigenvalue weighted by Crippen LogP contribution is 2.27. The molecule has 0 spiro atoms. The first-order valence-electron chi connectivity index (χ1n) is 9.08. The number of alkyl halides is 4. The highest BCUT2D eigenvalue weighted by molar-refractivity contribution is 14.1. The molecule has 162 valence electrons. The first-order valence-corrected chi connectivity index (χ1v) is 10.6. The van der Waals surface area contributed by atoms with Gasteiger partial charge in [-0.05, 0) is 42.3 Å². The van der Waals surface area contributed by atoms with E-state index in [9.17, 15) is 22.8 Å². The normalized spacial score (nSPS) is 12.2. The van der Waals surface area contributed by atoms with E-state index < -0.39 is 18.8 Å². The minimum atomic E-state index is -4.41. The maximum absolute atomic E-state index is 12.6. The largest absolute Gasteiger partial charge is 0.484 e. The van der Waals surface area contributed by atoms with E-state index >= 15 is 0 Å². The Morgan fingerprint density at radius 3 is 2.60 bits per heavy atom. The summed E-state index contributed by atoms with van der Waals surface area (Å²) in [4.78, 5) is 28.1. The lowest BCUT2D eigenvalue weighted by atomic mass is 10.0. The molecule has 0 aliphatic heterocycles. The quantitative estimate of drug-likeness (QED) is 0.376. The predicted molar refractivity (Wildman–Crippen MR) is 115 cm³/mol. The number of aromatic nitrogens is 1. The van der Waals surface area contributed by atoms with Crippen LogP contribution in [0.15, 0.2) is 36.5 Å². The summed E-state index contributed by atoms with van der Waals surface area (Å²) < 4.78 is 42.4. The standard InChI is InChI=1S/C20H21F3IN3O3/c1-3-18(28)27-17-9-13(6-7-25-17)19(29)26-12(2)16-5-4-15(8-14(16)10-24)30-11-20(21,22)23/h4-9,12H,3,10-11H2,1-2H3,(H,26,29)(H,25,27,28). The summed E-state index contributed by atoms with van der Waals surface area (Å²) in [6.45, 7) is 2.12. The van der Waals surface area contributed by atoms with Gasteiger partial charge in [0.05, 0.1) is 6.04 Å². The summed E-state index contributed by atoms with van der Waals surface area (Å²) in [6.07, 6.45) is -2.70. The van der Waals surface area contributed by atoms with Crippen molar-refractivity contribution in [1.29, 1.82) is 0 Å². The van der Waals surface area contributed by atoms with E-state index in [2.05, 4.69) is 38.2 Å². The van der Waals surface area contributed by atoms with Crippen LogP contribution < -0.4 is 15.4 Å². The van der Waals surface area contributed by atoms with Crippen molar-refractivity contribution in [1.82, 2.24) is 10.3 Å². The molecule has 2 N–H and O–H groups in total. The summed E-state index contributed by atoms with van der Waals surface area (Å²) in [5, 5.41) is 5.45. The Morgan fingerprint density at radius 1 is 1.23 bits per heavy atom. The number of hydrogen-bond donors (Lipinski definition) is 2. The maximum Gasteiger partial charge on any atom is 0.422 e. The number of nitrogens with zero attached hydrogens (tertiary/aromatic N) is 1. The Labute approximate surface area is 185 Å². The topological polar surface area (TPSA) is 80.3 Å². The SMILES string of the molecule is CCC(=O)Nc1cc(C(=O)NC(C)c2ccc(OCC(F)(F)F)cc2CI)ccn1. The molecule has 6 nitrogen and oxygen atoms in total. The Balaban J connectivity index is 2.11. The molecule has 1 heterocycles. The molecule has 1 atom stereocenters. The van der Waals surface area contributed by atoms with E-state index in [1.807, 2.05) is 0 Å². The molecule has 2 rings (SSSR count). The van der Waals surface area contributed by atoms with Crippen molar-refractivity contribution in [2.45, 2.75) is 36.9 Å². The van der Waals surface area contributed by atoms with Crippen molar-refractivity contribution < 1.29 is 27.5 Å². The first-order chi connectivity index (χ1) is 14.1. The Morgan fingerprint density at radius 2 is 1.97 bits per heavy atom. The number of carbonyl (C=O) groups excluding carboxylic acids is 2. The van der Waals surface area contributed by atoms with Gasteiger partial charge in [0, 0.05) is 22.6 Å². The van der Waals surface area contributed by atoms with Gasteiger partial charge in [0.1, 0.15) is 11.6 Å². The minimum absolute atomic E-state index is 0.117. The van der Waals surface area contributed by atoms with Gasteiger partial charge in [-0.2, -0.15) is 13.2 Å². The number of halogens is 4. The summed E-state index contributed by atoms with van der Waals surface area (Å²) in [5.41, 5.74) is 1.85. The second-order valence-corrected chi connectivity index (χ2v) is 7.19. The summed E-state index contributed by atoms with van der Waals surface area (Å²) >= 11 is 2.10. The molecule has 10 heteroatoms. The summed E-state index contributed by atoms with van der Waals surface area (Å²) in [7, 11) is 0. The van der Waals surface area contributed by atoms with Gasteiger partial charge in [-0.25, -0.2) is 4.98 Å². The minimum Gasteiger partial charge on any atom is -0.484 e. The van der Waals surface area contributed by atoms with Gasteiger partial charge in [0.15, 0.2) is 6.61 Å². The number of nitrogens with one attached hydrogen (secondary N) is 2. The molecule has 0 bridgehead atoms. The zero-order valence-electron chi connectivity index (χ0n) is 16.3. The van der Waals surface area contributed by atoms with Crippen LogP contribution in [0.2, 0.25) is 0 Å². The third kappa shape index (κ3) is 7.15. The number of pyridine rings is 1. The third-order valence-corrected chi connectivity index (χ3v) is 4.91. The molecule has 30 heavy (non-hydrogen) atoms. The van der Waals surface area contributed by atoms with Gasteiger partial charge >= 0.3 is 6.18 Å². The fraction of sp³-hybridized carbons (Fsp3) is 0.350. The molecule has 2 amide bonds. The van der Waals surface area contributed by atoms with Crippen molar-refractivity contribution in [3.8, 4) is 5.75 Å². The Kier molecular flexibility index (Phi) is 8.44. The number of amides is 2. The predicted octanol–water partition coefficient (Wildman–Crippen LogP) is 4.80. The lowest BCUT2D eigenvalue weighted by Gasteiger charge is -2.19. The van der Waals surface area contributed by atoms with Gasteiger partial charge in [-0.3, -0.25) is 9.59 Å². The van der Waals surface area contributed by atoms with Crippen LogP contribution in [0, 0.1) is 0 Å². The van der Waals surface area contributed by atoms with Crippen molar-refractivity contribution in [3.63, 3.8) is 0 Å². The van der Waals surface area contributed by atoms with Crippen LogP contribution in [-0.2, 0) is 9.22 Å². The fourth-order valence-corrected chi connectivity index (χ4v) is 3.26. The van der Waals surface area contributed by atoms with E-state index in [0.717, 1.165) is 11.1 Å². The molecule has 0 aliphatic carbocycles. The van der Waals surface area contributed by atoms with Crippen LogP contribution in [-0.4, -0.2) is 29.6 Å². The Bertz CT molecular complexity index is 906. The highest BCUT2D eigenvalue weighted by atomic mass is 127. The smallest absolute Gasteiger partial charge is 0.422 e. The van der Waals surface area contributed by atoms with Crippen LogP contribution in [0.3, 0.4) is 0 Å². The molecule has 0 saturated carbocycles. The van der Waals surface area contributed by atoms with E-state index in [-0.39, 0.29) is 29.8 Å². The van der Waals surface area contributed by atoms with Gasteiger partial charge in [-0.1, -0.05) is 35.6 Å². The number of anilines is 1. The zero-order chi connectivity index (χ0) is 22.3. The maximum atomic E-state index is 12.6. The average Bonchev–Trinajstić information content (AvgIpc) is 2.71. The second kappa shape index (κ2) is 10.6. The van der Waals surface area contributed by atoms with Gasteiger partial charge in [0.2, 0.25) is 5.91 Å². The van der Waals surface area contributed by atoms with E-state index in [0.29, 0.717) is 9.99 Å². The van der Waals surface area contributed by atoms with Crippen LogP contribution in [0.1, 0.15) is 47.8 Å². The molecule has 1 aromatic carbocycles. The van der Waals surface area contributed by atoms with Gasteiger partial charge in [-0.15, -0.1) is 0 Å². The van der Waals surface area contributed by atoms with E-state index in [1.165, 1.54) is 24.4 Å². The average molecular weight is 535 g/mol. The van der Waals surface area contributed by atoms with Crippen LogP contribution in [0.5, 0.6) is 5.75 Å². The third-order valence-electron chi connectivity index (χ3n) is 4.09. The van der Waals surface area contributed by atoms with Crippen molar-refractivity contribution in [3.05, 3.63) is 53.2 Å². The monoisotopic (exact) mass is 535 g/mol. The molecule has 0 saturated heterocycles. The molecule has 1 unspecified atom stereocenters. The molecule has 2 aromatic rings. The molecular weight excluding hydrogens is 514 g/mol. The molecule has 0 radical (unpaired) electrons. The van der Waals surface area contributed by atoms with Crippen LogP contribution in [0.4, 0.5) is 19.0 Å². The van der Waals surface area contributed by atoms with E-state index in [4.69, 9.17) is 4.74 Å². The van der Waals surface area contributed by atoms with Crippen LogP contribution in [0.25, 0.3) is 0 Å². The van der Waals surface area contributed by atoms with Crippen molar-refractivity contribution in [2.24, 2.45) is 0 Å². The molecule has 0 fully saturated rings. The first kappa shape index (κ1) is 23.9. The summed E-state index contributed by atoms with van der Waals surface area (Å²) in [6, 6.07) is 7.23. The van der Waals surface area contributed by atoms with Gasteiger partial charge < -0.3 is 15.4 Å². The number of rotatable bonds is 8. The molecular formula is C20H21F3IN3O3. The number of benzene rings is 1.